The smallest absolute Gasteiger partial charge is 0.317 e. The average Bonchev–Trinajstić information content (AvgIpc) is 3.12. The SMILES string of the molecule is CCCNC(=O)N1CCC2(CC1)C(=O)N(CCc1ccc(OC)cc1)C(c1ccc(OC)cc1)N2C. The topological polar surface area (TPSA) is 74.4 Å². The minimum absolute atomic E-state index is 0.0390. The minimum atomic E-state index is -0.619. The van der Waals surface area contributed by atoms with E-state index >= 15 is 0 Å². The van der Waals surface area contributed by atoms with Crippen LogP contribution in [0.3, 0.4) is 0 Å². The van der Waals surface area contributed by atoms with Gasteiger partial charge in [-0.1, -0.05) is 31.2 Å². The first-order valence-electron chi connectivity index (χ1n) is 12.8. The molecule has 1 N–H and O–H groups in total. The third kappa shape index (κ3) is 5.00. The zero-order valence-corrected chi connectivity index (χ0v) is 21.8. The molecule has 2 aliphatic rings. The molecule has 0 aromatic heterocycles. The van der Waals surface area contributed by atoms with Crippen molar-refractivity contribution in [3.63, 3.8) is 0 Å². The van der Waals surface area contributed by atoms with Gasteiger partial charge >= 0.3 is 6.03 Å². The van der Waals surface area contributed by atoms with Gasteiger partial charge in [-0.05, 0) is 68.1 Å². The van der Waals surface area contributed by atoms with Crippen LogP contribution in [0.1, 0.15) is 43.5 Å². The Morgan fingerprint density at radius 3 is 2.14 bits per heavy atom. The third-order valence-corrected chi connectivity index (χ3v) is 7.61. The number of methoxy groups -OCH3 is 2. The van der Waals surface area contributed by atoms with E-state index in [2.05, 4.69) is 22.3 Å². The van der Waals surface area contributed by atoms with Crippen molar-refractivity contribution in [1.29, 1.82) is 0 Å². The third-order valence-electron chi connectivity index (χ3n) is 7.61. The molecule has 2 aromatic carbocycles. The van der Waals surface area contributed by atoms with Crippen molar-refractivity contribution in [2.24, 2.45) is 0 Å². The molecule has 8 heteroatoms. The maximum atomic E-state index is 14.1. The Hall–Kier alpha value is -3.26. The summed E-state index contributed by atoms with van der Waals surface area (Å²) in [7, 11) is 5.36. The number of nitrogens with zero attached hydrogens (tertiary/aromatic N) is 3. The fraction of sp³-hybridized carbons (Fsp3) is 0.500. The van der Waals surface area contributed by atoms with Crippen LogP contribution in [0.5, 0.6) is 11.5 Å². The molecule has 1 unspecified atom stereocenters. The Labute approximate surface area is 214 Å². The lowest BCUT2D eigenvalue weighted by atomic mass is 9.86. The molecule has 0 saturated carbocycles. The summed E-state index contributed by atoms with van der Waals surface area (Å²) in [5, 5.41) is 2.96. The largest absolute Gasteiger partial charge is 0.497 e. The number of benzene rings is 2. The summed E-state index contributed by atoms with van der Waals surface area (Å²) in [6, 6.07) is 15.9. The summed E-state index contributed by atoms with van der Waals surface area (Å²) in [4.78, 5) is 32.7. The molecule has 2 heterocycles. The molecule has 1 spiro atoms. The fourth-order valence-corrected chi connectivity index (χ4v) is 5.41. The van der Waals surface area contributed by atoms with Gasteiger partial charge in [-0.2, -0.15) is 0 Å². The van der Waals surface area contributed by atoms with Crippen LogP contribution in [0.15, 0.2) is 48.5 Å². The van der Waals surface area contributed by atoms with Gasteiger partial charge in [0.2, 0.25) is 5.91 Å². The monoisotopic (exact) mass is 494 g/mol. The second-order valence-electron chi connectivity index (χ2n) is 9.60. The van der Waals surface area contributed by atoms with E-state index in [9.17, 15) is 9.59 Å². The van der Waals surface area contributed by atoms with Crippen molar-refractivity contribution < 1.29 is 19.1 Å². The van der Waals surface area contributed by atoms with Crippen LogP contribution in [0.2, 0.25) is 0 Å². The minimum Gasteiger partial charge on any atom is -0.497 e. The highest BCUT2D eigenvalue weighted by Gasteiger charge is 2.57. The van der Waals surface area contributed by atoms with E-state index < -0.39 is 5.54 Å². The van der Waals surface area contributed by atoms with Gasteiger partial charge in [-0.3, -0.25) is 9.69 Å². The van der Waals surface area contributed by atoms with Gasteiger partial charge in [0.1, 0.15) is 23.2 Å². The van der Waals surface area contributed by atoms with E-state index in [0.29, 0.717) is 39.0 Å². The van der Waals surface area contributed by atoms with Crippen LogP contribution in [-0.2, 0) is 11.2 Å². The Bertz CT molecular complexity index is 1030. The highest BCUT2D eigenvalue weighted by atomic mass is 16.5. The van der Waals surface area contributed by atoms with E-state index in [1.54, 1.807) is 14.2 Å². The second kappa shape index (κ2) is 11.2. The predicted molar refractivity (Wildman–Crippen MR) is 139 cm³/mol. The second-order valence-corrected chi connectivity index (χ2v) is 9.60. The van der Waals surface area contributed by atoms with Gasteiger partial charge in [0.05, 0.1) is 14.2 Å². The zero-order valence-electron chi connectivity index (χ0n) is 21.8. The van der Waals surface area contributed by atoms with Gasteiger partial charge < -0.3 is 24.6 Å². The van der Waals surface area contributed by atoms with E-state index in [-0.39, 0.29) is 18.1 Å². The molecule has 0 radical (unpaired) electrons. The molecule has 0 aliphatic carbocycles. The Morgan fingerprint density at radius 2 is 1.58 bits per heavy atom. The van der Waals surface area contributed by atoms with Crippen LogP contribution in [-0.4, -0.2) is 79.6 Å². The fourth-order valence-electron chi connectivity index (χ4n) is 5.41. The van der Waals surface area contributed by atoms with Crippen LogP contribution in [0.4, 0.5) is 4.79 Å². The summed E-state index contributed by atoms with van der Waals surface area (Å²) in [5.41, 5.74) is 1.59. The Kier molecular flexibility index (Phi) is 8.04. The van der Waals surface area contributed by atoms with Crippen molar-refractivity contribution in [1.82, 2.24) is 20.0 Å². The van der Waals surface area contributed by atoms with Crippen LogP contribution in [0.25, 0.3) is 0 Å². The molecule has 194 valence electrons. The Morgan fingerprint density at radius 1 is 1.00 bits per heavy atom. The Balaban J connectivity index is 1.56. The number of likely N-dealkylation sites (tertiary alicyclic amines) is 1. The van der Waals surface area contributed by atoms with Crippen molar-refractivity contribution in [3.8, 4) is 11.5 Å². The normalized spacial score (nSPS) is 19.6. The lowest BCUT2D eigenvalue weighted by Crippen LogP contribution is -2.57. The first-order valence-corrected chi connectivity index (χ1v) is 12.8. The lowest BCUT2D eigenvalue weighted by molar-refractivity contribution is -0.135. The van der Waals surface area contributed by atoms with Gasteiger partial charge in [-0.15, -0.1) is 0 Å². The number of nitrogens with one attached hydrogen (secondary N) is 1. The number of likely N-dealkylation sites (N-methyl/N-ethyl adjacent to an activating group) is 1. The van der Waals surface area contributed by atoms with Gasteiger partial charge in [0, 0.05) is 26.2 Å². The molecule has 0 bridgehead atoms. The standard InChI is InChI=1S/C28H38N4O4/c1-5-17-29-27(34)31-19-15-28(16-20-31)26(33)32(18-14-21-6-10-23(35-3)11-7-21)25(30(28)2)22-8-12-24(36-4)13-9-22/h6-13,25H,5,14-20H2,1-4H3,(H,29,34). The van der Waals surface area contributed by atoms with E-state index in [0.717, 1.165) is 35.5 Å². The summed E-state index contributed by atoms with van der Waals surface area (Å²) < 4.78 is 10.6. The maximum absolute atomic E-state index is 14.1. The highest BCUT2D eigenvalue weighted by Crippen LogP contribution is 2.45. The number of ether oxygens (including phenoxy) is 2. The quantitative estimate of drug-likeness (QED) is 0.606. The van der Waals surface area contributed by atoms with Crippen LogP contribution >= 0.6 is 0 Å². The highest BCUT2D eigenvalue weighted by molar-refractivity contribution is 5.89. The number of amides is 3. The van der Waals surface area contributed by atoms with Crippen LogP contribution in [0, 0.1) is 0 Å². The van der Waals surface area contributed by atoms with E-state index in [1.807, 2.05) is 60.2 Å². The first-order chi connectivity index (χ1) is 17.4. The number of hydrogen-bond acceptors (Lipinski definition) is 5. The molecule has 2 aliphatic heterocycles. The van der Waals surface area contributed by atoms with E-state index in [1.165, 1.54) is 0 Å². The number of hydrogen-bond donors (Lipinski definition) is 1. The lowest BCUT2D eigenvalue weighted by Gasteiger charge is -2.42. The van der Waals surface area contributed by atoms with Gasteiger partial charge in [0.25, 0.3) is 0 Å². The van der Waals surface area contributed by atoms with Gasteiger partial charge in [0.15, 0.2) is 0 Å². The predicted octanol–water partition coefficient (Wildman–Crippen LogP) is 3.67. The number of rotatable bonds is 8. The molecular formula is C28H38N4O4. The molecule has 3 amide bonds. The molecule has 1 atom stereocenters. The molecule has 2 saturated heterocycles. The van der Waals surface area contributed by atoms with E-state index in [4.69, 9.17) is 9.47 Å². The summed E-state index contributed by atoms with van der Waals surface area (Å²) in [5.74, 6) is 1.75. The number of carbonyl (C=O) groups excluding carboxylic acids is 2. The van der Waals surface area contributed by atoms with Gasteiger partial charge in [-0.25, -0.2) is 4.79 Å². The summed E-state index contributed by atoms with van der Waals surface area (Å²) in [6.45, 7) is 4.44. The van der Waals surface area contributed by atoms with Crippen LogP contribution < -0.4 is 14.8 Å². The number of carbonyl (C=O) groups is 2. The molecular weight excluding hydrogens is 456 g/mol. The molecule has 2 aromatic rings. The van der Waals surface area contributed by atoms with Crippen molar-refractivity contribution in [2.45, 2.75) is 44.3 Å². The number of piperidine rings is 1. The molecule has 36 heavy (non-hydrogen) atoms. The first kappa shape index (κ1) is 25.8. The van der Waals surface area contributed by atoms with Crippen molar-refractivity contribution in [3.05, 3.63) is 59.7 Å². The molecule has 8 nitrogen and oxygen atoms in total. The molecule has 2 fully saturated rings. The summed E-state index contributed by atoms with van der Waals surface area (Å²) in [6.07, 6.45) is 2.71. The van der Waals surface area contributed by atoms with Crippen molar-refractivity contribution in [2.75, 3.05) is 47.4 Å². The molecule has 4 rings (SSSR count). The number of urea groups is 1. The average molecular weight is 495 g/mol. The zero-order chi connectivity index (χ0) is 25.7. The maximum Gasteiger partial charge on any atom is 0.317 e. The van der Waals surface area contributed by atoms with Crippen molar-refractivity contribution >= 4 is 11.9 Å². The summed E-state index contributed by atoms with van der Waals surface area (Å²) >= 11 is 0.